The van der Waals surface area contributed by atoms with Crippen molar-refractivity contribution in [2.24, 2.45) is 11.7 Å². The Bertz CT molecular complexity index is 633. The van der Waals surface area contributed by atoms with E-state index in [0.29, 0.717) is 24.4 Å². The van der Waals surface area contributed by atoms with Crippen LogP contribution in [0.3, 0.4) is 0 Å². The van der Waals surface area contributed by atoms with E-state index in [1.807, 2.05) is 19.9 Å². The van der Waals surface area contributed by atoms with Crippen LogP contribution in [0.25, 0.3) is 0 Å². The minimum absolute atomic E-state index is 0.0457. The van der Waals surface area contributed by atoms with Crippen LogP contribution in [-0.4, -0.2) is 32.4 Å². The molecule has 5 nitrogen and oxygen atoms in total. The Balaban J connectivity index is 3.02. The smallest absolute Gasteiger partial charge is 0.244 e. The van der Waals surface area contributed by atoms with E-state index < -0.39 is 10.0 Å². The summed E-state index contributed by atoms with van der Waals surface area (Å²) < 4.78 is 26.4. The Morgan fingerprint density at radius 3 is 2.52 bits per heavy atom. The van der Waals surface area contributed by atoms with Crippen LogP contribution in [0.15, 0.2) is 23.1 Å². The normalized spacial score (nSPS) is 13.4. The highest BCUT2D eigenvalue weighted by Gasteiger charge is 2.25. The zero-order valence-corrected chi connectivity index (χ0v) is 13.8. The van der Waals surface area contributed by atoms with Crippen LogP contribution in [0.4, 0.5) is 0 Å². The number of hydrogen-bond donors (Lipinski definition) is 1. The monoisotopic (exact) mass is 309 g/mol. The molecule has 0 heterocycles. The van der Waals surface area contributed by atoms with E-state index >= 15 is 0 Å². The van der Waals surface area contributed by atoms with Crippen LogP contribution in [0.1, 0.15) is 31.4 Å². The molecule has 2 N–H and O–H groups in total. The molecule has 0 aliphatic carbocycles. The second-order valence-corrected chi connectivity index (χ2v) is 7.60. The summed E-state index contributed by atoms with van der Waals surface area (Å²) in [4.78, 5) is 0.0608. The fourth-order valence-electron chi connectivity index (χ4n) is 1.95. The summed E-state index contributed by atoms with van der Waals surface area (Å²) in [5.41, 5.74) is 6.82. The van der Waals surface area contributed by atoms with Gasteiger partial charge in [0.2, 0.25) is 10.0 Å². The van der Waals surface area contributed by atoms with Gasteiger partial charge in [-0.3, -0.25) is 0 Å². The molecule has 0 aliphatic rings. The van der Waals surface area contributed by atoms with Crippen molar-refractivity contribution in [1.82, 2.24) is 4.31 Å². The summed E-state index contributed by atoms with van der Waals surface area (Å²) in [6.07, 6.45) is 0.584. The van der Waals surface area contributed by atoms with Crippen LogP contribution in [0.5, 0.6) is 0 Å². The van der Waals surface area contributed by atoms with Crippen LogP contribution >= 0.6 is 0 Å². The zero-order chi connectivity index (χ0) is 16.2. The third-order valence-electron chi connectivity index (χ3n) is 3.67. The van der Waals surface area contributed by atoms with E-state index in [1.165, 1.54) is 17.4 Å². The number of hydrogen-bond acceptors (Lipinski definition) is 4. The fourth-order valence-corrected chi connectivity index (χ4v) is 3.35. The summed E-state index contributed by atoms with van der Waals surface area (Å²) in [6.45, 7) is 6.08. The summed E-state index contributed by atoms with van der Waals surface area (Å²) >= 11 is 0. The quantitative estimate of drug-likeness (QED) is 0.869. The first kappa shape index (κ1) is 17.6. The highest BCUT2D eigenvalue weighted by atomic mass is 32.2. The lowest BCUT2D eigenvalue weighted by Crippen LogP contribution is -2.35. The largest absolute Gasteiger partial charge is 0.327 e. The Hall–Kier alpha value is -1.42. The molecule has 0 unspecified atom stereocenters. The SMILES string of the molecule is Cc1cccc(S(=O)(=O)N(C)CC[C@@H](N)C(C)C)c1C#N. The van der Waals surface area contributed by atoms with Crippen molar-refractivity contribution in [3.8, 4) is 6.07 Å². The molecule has 0 fully saturated rings. The highest BCUT2D eigenvalue weighted by Crippen LogP contribution is 2.22. The van der Waals surface area contributed by atoms with Gasteiger partial charge in [-0.15, -0.1) is 0 Å². The third-order valence-corrected chi connectivity index (χ3v) is 5.57. The first-order chi connectivity index (χ1) is 9.71. The fraction of sp³-hybridized carbons (Fsp3) is 0.533. The summed E-state index contributed by atoms with van der Waals surface area (Å²) in [5, 5.41) is 9.18. The van der Waals surface area contributed by atoms with Crippen LogP contribution in [-0.2, 0) is 10.0 Å². The van der Waals surface area contributed by atoms with Crippen molar-refractivity contribution in [2.45, 2.75) is 38.1 Å². The van der Waals surface area contributed by atoms with Gasteiger partial charge in [-0.1, -0.05) is 26.0 Å². The van der Waals surface area contributed by atoms with Gasteiger partial charge in [0.25, 0.3) is 0 Å². The van der Waals surface area contributed by atoms with Crippen LogP contribution in [0.2, 0.25) is 0 Å². The number of sulfonamides is 1. The number of benzene rings is 1. The van der Waals surface area contributed by atoms with Gasteiger partial charge < -0.3 is 5.73 Å². The summed E-state index contributed by atoms with van der Waals surface area (Å²) in [7, 11) is -2.15. The minimum Gasteiger partial charge on any atom is -0.327 e. The third kappa shape index (κ3) is 4.03. The van der Waals surface area contributed by atoms with E-state index in [2.05, 4.69) is 0 Å². The van der Waals surface area contributed by atoms with Crippen LogP contribution in [0, 0.1) is 24.2 Å². The van der Waals surface area contributed by atoms with Crippen molar-refractivity contribution in [2.75, 3.05) is 13.6 Å². The molecule has 6 heteroatoms. The molecule has 0 saturated carbocycles. The van der Waals surface area contributed by atoms with E-state index in [9.17, 15) is 13.7 Å². The second kappa shape index (κ2) is 7.03. The summed E-state index contributed by atoms with van der Waals surface area (Å²) in [6, 6.07) is 6.78. The maximum absolute atomic E-state index is 12.6. The number of aryl methyl sites for hydroxylation is 1. The van der Waals surface area contributed by atoms with Gasteiger partial charge in [-0.25, -0.2) is 12.7 Å². The Kier molecular flexibility index (Phi) is 5.90. The molecular formula is C15H23N3O2S. The predicted octanol–water partition coefficient (Wildman–Crippen LogP) is 1.86. The predicted molar refractivity (Wildman–Crippen MR) is 83.1 cm³/mol. The molecule has 0 radical (unpaired) electrons. The number of nitrogens with zero attached hydrogens (tertiary/aromatic N) is 2. The van der Waals surface area contributed by atoms with Gasteiger partial charge in [0.15, 0.2) is 0 Å². The number of nitrogens with two attached hydrogens (primary N) is 1. The molecule has 0 spiro atoms. The van der Waals surface area contributed by atoms with Crippen molar-refractivity contribution in [3.05, 3.63) is 29.3 Å². The van der Waals surface area contributed by atoms with Gasteiger partial charge in [-0.2, -0.15) is 5.26 Å². The Labute approximate surface area is 127 Å². The summed E-state index contributed by atoms with van der Waals surface area (Å²) in [5.74, 6) is 0.301. The first-order valence-corrected chi connectivity index (χ1v) is 8.37. The van der Waals surface area contributed by atoms with E-state index in [4.69, 9.17) is 5.73 Å². The van der Waals surface area contributed by atoms with Gasteiger partial charge in [0, 0.05) is 19.6 Å². The maximum atomic E-state index is 12.6. The highest BCUT2D eigenvalue weighted by molar-refractivity contribution is 7.89. The second-order valence-electron chi connectivity index (χ2n) is 5.58. The van der Waals surface area contributed by atoms with Gasteiger partial charge >= 0.3 is 0 Å². The zero-order valence-electron chi connectivity index (χ0n) is 13.0. The number of nitriles is 1. The molecule has 1 aromatic rings. The molecule has 0 saturated heterocycles. The molecule has 1 aromatic carbocycles. The molecule has 0 amide bonds. The van der Waals surface area contributed by atoms with Crippen molar-refractivity contribution < 1.29 is 8.42 Å². The Morgan fingerprint density at radius 1 is 1.38 bits per heavy atom. The lowest BCUT2D eigenvalue weighted by Gasteiger charge is -2.22. The average molecular weight is 309 g/mol. The molecule has 0 aromatic heterocycles. The minimum atomic E-state index is -3.67. The maximum Gasteiger partial charge on any atom is 0.244 e. The number of rotatable bonds is 6. The molecular weight excluding hydrogens is 286 g/mol. The average Bonchev–Trinajstić information content (AvgIpc) is 2.43. The van der Waals surface area contributed by atoms with Gasteiger partial charge in [0.1, 0.15) is 11.0 Å². The molecule has 0 aliphatic heterocycles. The first-order valence-electron chi connectivity index (χ1n) is 6.93. The molecule has 21 heavy (non-hydrogen) atoms. The van der Waals surface area contributed by atoms with Gasteiger partial charge in [0.05, 0.1) is 5.56 Å². The van der Waals surface area contributed by atoms with E-state index in [-0.39, 0.29) is 16.5 Å². The molecule has 1 rings (SSSR count). The van der Waals surface area contributed by atoms with Gasteiger partial charge in [-0.05, 0) is 30.9 Å². The lowest BCUT2D eigenvalue weighted by molar-refractivity contribution is 0.397. The van der Waals surface area contributed by atoms with Crippen molar-refractivity contribution in [1.29, 1.82) is 5.26 Å². The standard InChI is InChI=1S/C15H23N3O2S/c1-11(2)14(17)8-9-18(4)21(19,20)15-7-5-6-12(3)13(15)10-16/h5-7,11,14H,8-9,17H2,1-4H3/t14-/m1/s1. The topological polar surface area (TPSA) is 87.2 Å². The molecule has 116 valence electrons. The van der Waals surface area contributed by atoms with Crippen LogP contribution < -0.4 is 5.73 Å². The van der Waals surface area contributed by atoms with Crippen molar-refractivity contribution in [3.63, 3.8) is 0 Å². The lowest BCUT2D eigenvalue weighted by atomic mass is 10.0. The van der Waals surface area contributed by atoms with E-state index in [0.717, 1.165) is 0 Å². The molecule has 1 atom stereocenters. The molecule has 0 bridgehead atoms. The van der Waals surface area contributed by atoms with Crippen molar-refractivity contribution >= 4 is 10.0 Å². The van der Waals surface area contributed by atoms with E-state index in [1.54, 1.807) is 19.1 Å². The Morgan fingerprint density at radius 2 is 2.00 bits per heavy atom.